The molecule has 2 nitrogen and oxygen atoms in total. The molecular weight excluding hydrogens is 206 g/mol. The van der Waals surface area contributed by atoms with Crippen LogP contribution >= 0.6 is 24.2 Å². The van der Waals surface area contributed by atoms with Crippen molar-refractivity contribution >= 4 is 35.7 Å². The average molecular weight is 216 g/mol. The number of benzene rings is 1. The van der Waals surface area contributed by atoms with Crippen molar-refractivity contribution in [3.63, 3.8) is 0 Å². The summed E-state index contributed by atoms with van der Waals surface area (Å²) < 4.78 is 0. The van der Waals surface area contributed by atoms with E-state index in [9.17, 15) is 4.79 Å². The lowest BCUT2D eigenvalue weighted by Crippen LogP contribution is -2.04. The molecule has 0 aliphatic carbocycles. The quantitative estimate of drug-likeness (QED) is 0.460. The molecule has 0 spiro atoms. The van der Waals surface area contributed by atoms with Crippen LogP contribution < -0.4 is 5.73 Å². The van der Waals surface area contributed by atoms with Gasteiger partial charge in [0.25, 0.3) is 0 Å². The SMILES string of the molecule is Nc1ccc(CC(=O)CCl)c(S)c1. The fourth-order valence-electron chi connectivity index (χ4n) is 0.990. The molecule has 0 atom stereocenters. The third kappa shape index (κ3) is 2.94. The first-order valence-electron chi connectivity index (χ1n) is 3.78. The van der Waals surface area contributed by atoms with E-state index >= 15 is 0 Å². The first-order chi connectivity index (χ1) is 6.13. The number of nitrogen functional groups attached to an aromatic ring is 1. The van der Waals surface area contributed by atoms with E-state index in [0.717, 1.165) is 10.5 Å². The van der Waals surface area contributed by atoms with Crippen molar-refractivity contribution in [3.05, 3.63) is 23.8 Å². The van der Waals surface area contributed by atoms with Gasteiger partial charge in [-0.25, -0.2) is 0 Å². The van der Waals surface area contributed by atoms with Gasteiger partial charge in [-0.15, -0.1) is 24.2 Å². The predicted octanol–water partition coefficient (Wildman–Crippen LogP) is 1.91. The summed E-state index contributed by atoms with van der Waals surface area (Å²) in [5.74, 6) is 0.0270. The van der Waals surface area contributed by atoms with E-state index in [1.807, 2.05) is 0 Å². The van der Waals surface area contributed by atoms with Crippen molar-refractivity contribution in [2.75, 3.05) is 11.6 Å². The van der Waals surface area contributed by atoms with Gasteiger partial charge in [0.05, 0.1) is 5.88 Å². The van der Waals surface area contributed by atoms with Crippen molar-refractivity contribution in [2.45, 2.75) is 11.3 Å². The molecule has 1 aromatic rings. The van der Waals surface area contributed by atoms with Crippen molar-refractivity contribution in [3.8, 4) is 0 Å². The van der Waals surface area contributed by atoms with Crippen LogP contribution in [0.2, 0.25) is 0 Å². The van der Waals surface area contributed by atoms with Crippen LogP contribution in [0.4, 0.5) is 5.69 Å². The Morgan fingerprint density at radius 1 is 1.54 bits per heavy atom. The van der Waals surface area contributed by atoms with E-state index in [1.54, 1.807) is 18.2 Å². The molecule has 0 radical (unpaired) electrons. The molecule has 0 aliphatic heterocycles. The van der Waals surface area contributed by atoms with Gasteiger partial charge < -0.3 is 5.73 Å². The molecule has 2 N–H and O–H groups in total. The summed E-state index contributed by atoms with van der Waals surface area (Å²) in [4.78, 5) is 11.8. The summed E-state index contributed by atoms with van der Waals surface area (Å²) >= 11 is 9.59. The minimum atomic E-state index is -0.0123. The second-order valence-electron chi connectivity index (χ2n) is 2.74. The molecule has 1 rings (SSSR count). The number of hydrogen-bond donors (Lipinski definition) is 2. The number of nitrogens with two attached hydrogens (primary N) is 1. The molecule has 0 unspecified atom stereocenters. The molecular formula is C9H10ClNOS. The van der Waals surface area contributed by atoms with Gasteiger partial charge in [-0.2, -0.15) is 0 Å². The molecule has 70 valence electrons. The summed E-state index contributed by atoms with van der Waals surface area (Å²) in [5.41, 5.74) is 7.04. The molecule has 0 fully saturated rings. The Kier molecular flexibility index (Phi) is 3.63. The average Bonchev–Trinajstić information content (AvgIpc) is 2.09. The van der Waals surface area contributed by atoms with Gasteiger partial charge in [0, 0.05) is 17.0 Å². The Hall–Kier alpha value is -0.670. The van der Waals surface area contributed by atoms with Crippen LogP contribution in [0.1, 0.15) is 5.56 Å². The smallest absolute Gasteiger partial charge is 0.151 e. The van der Waals surface area contributed by atoms with Crippen molar-refractivity contribution in [1.29, 1.82) is 0 Å². The predicted molar refractivity (Wildman–Crippen MR) is 57.5 cm³/mol. The molecule has 1 aromatic carbocycles. The van der Waals surface area contributed by atoms with Gasteiger partial charge in [0.1, 0.15) is 0 Å². The highest BCUT2D eigenvalue weighted by Gasteiger charge is 2.05. The van der Waals surface area contributed by atoms with Crippen LogP contribution in [0.3, 0.4) is 0 Å². The van der Waals surface area contributed by atoms with Gasteiger partial charge in [0.15, 0.2) is 5.78 Å². The summed E-state index contributed by atoms with van der Waals surface area (Å²) in [6, 6.07) is 5.26. The number of thiol groups is 1. The maximum absolute atomic E-state index is 11.0. The van der Waals surface area contributed by atoms with Gasteiger partial charge in [-0.05, 0) is 17.7 Å². The summed E-state index contributed by atoms with van der Waals surface area (Å²) in [5, 5.41) is 0. The fraction of sp³-hybridized carbons (Fsp3) is 0.222. The Balaban J connectivity index is 2.83. The highest BCUT2D eigenvalue weighted by Crippen LogP contribution is 2.18. The monoisotopic (exact) mass is 215 g/mol. The molecule has 0 saturated carbocycles. The number of carbonyl (C=O) groups excluding carboxylic acids is 1. The number of rotatable bonds is 3. The number of halogens is 1. The normalized spacial score (nSPS) is 10.0. The molecule has 0 aromatic heterocycles. The van der Waals surface area contributed by atoms with Crippen LogP contribution in [0.15, 0.2) is 23.1 Å². The Bertz CT molecular complexity index is 327. The minimum Gasteiger partial charge on any atom is -0.399 e. The number of alkyl halides is 1. The third-order valence-corrected chi connectivity index (χ3v) is 2.36. The zero-order valence-corrected chi connectivity index (χ0v) is 8.61. The lowest BCUT2D eigenvalue weighted by Gasteiger charge is -2.03. The van der Waals surface area contributed by atoms with Crippen LogP contribution in [0, 0.1) is 0 Å². The number of carbonyl (C=O) groups is 1. The van der Waals surface area contributed by atoms with E-state index in [-0.39, 0.29) is 11.7 Å². The number of ketones is 1. The van der Waals surface area contributed by atoms with Crippen molar-refractivity contribution in [2.24, 2.45) is 0 Å². The molecule has 4 heteroatoms. The number of Topliss-reactive ketones (excluding diaryl/α,β-unsaturated/α-hetero) is 1. The highest BCUT2D eigenvalue weighted by molar-refractivity contribution is 7.80. The maximum atomic E-state index is 11.0. The van der Waals surface area contributed by atoms with Gasteiger partial charge in [-0.1, -0.05) is 6.07 Å². The summed E-state index contributed by atoms with van der Waals surface area (Å²) in [6.45, 7) is 0. The van der Waals surface area contributed by atoms with E-state index in [4.69, 9.17) is 17.3 Å². The first kappa shape index (κ1) is 10.4. The summed E-state index contributed by atoms with van der Waals surface area (Å²) in [6.07, 6.45) is 0.322. The Morgan fingerprint density at radius 3 is 2.77 bits per heavy atom. The van der Waals surface area contributed by atoms with Crippen LogP contribution in [-0.2, 0) is 11.2 Å². The van der Waals surface area contributed by atoms with Crippen molar-refractivity contribution < 1.29 is 4.79 Å². The van der Waals surface area contributed by atoms with E-state index in [0.29, 0.717) is 12.1 Å². The third-order valence-electron chi connectivity index (χ3n) is 1.65. The Morgan fingerprint density at radius 2 is 2.23 bits per heavy atom. The van der Waals surface area contributed by atoms with E-state index in [1.165, 1.54) is 0 Å². The maximum Gasteiger partial charge on any atom is 0.151 e. The topological polar surface area (TPSA) is 43.1 Å². The lowest BCUT2D eigenvalue weighted by molar-refractivity contribution is -0.116. The minimum absolute atomic E-state index is 0.0123. The van der Waals surface area contributed by atoms with E-state index < -0.39 is 0 Å². The largest absolute Gasteiger partial charge is 0.399 e. The summed E-state index contributed by atoms with van der Waals surface area (Å²) in [7, 11) is 0. The standard InChI is InChI=1S/C9H10ClNOS/c10-5-8(12)3-6-1-2-7(11)4-9(6)13/h1-2,4,13H,3,5,11H2. The molecule has 0 amide bonds. The molecule has 0 heterocycles. The first-order valence-corrected chi connectivity index (χ1v) is 4.76. The van der Waals surface area contributed by atoms with Crippen LogP contribution in [0.5, 0.6) is 0 Å². The number of hydrogen-bond acceptors (Lipinski definition) is 3. The second-order valence-corrected chi connectivity index (χ2v) is 3.49. The van der Waals surface area contributed by atoms with Gasteiger partial charge in [0.2, 0.25) is 0 Å². The molecule has 0 aliphatic rings. The van der Waals surface area contributed by atoms with Crippen LogP contribution in [-0.4, -0.2) is 11.7 Å². The highest BCUT2D eigenvalue weighted by atomic mass is 35.5. The molecule has 0 saturated heterocycles. The van der Waals surface area contributed by atoms with E-state index in [2.05, 4.69) is 12.6 Å². The van der Waals surface area contributed by atoms with Crippen molar-refractivity contribution in [1.82, 2.24) is 0 Å². The van der Waals surface area contributed by atoms with Crippen LogP contribution in [0.25, 0.3) is 0 Å². The van der Waals surface area contributed by atoms with Gasteiger partial charge in [-0.3, -0.25) is 4.79 Å². The second kappa shape index (κ2) is 4.53. The Labute approximate surface area is 87.5 Å². The lowest BCUT2D eigenvalue weighted by atomic mass is 10.1. The molecule has 0 bridgehead atoms. The zero-order chi connectivity index (χ0) is 9.84. The molecule has 13 heavy (non-hydrogen) atoms. The fourth-order valence-corrected chi connectivity index (χ4v) is 1.39. The zero-order valence-electron chi connectivity index (χ0n) is 6.96. The van der Waals surface area contributed by atoms with Gasteiger partial charge >= 0.3 is 0 Å². The number of anilines is 1.